The van der Waals surface area contributed by atoms with Crippen molar-refractivity contribution in [2.45, 2.75) is 19.4 Å². The third kappa shape index (κ3) is 3.98. The van der Waals surface area contributed by atoms with Crippen molar-refractivity contribution in [3.8, 4) is 5.75 Å². The molecule has 0 aliphatic rings. The first-order valence-corrected chi connectivity index (χ1v) is 8.35. The van der Waals surface area contributed by atoms with Gasteiger partial charge < -0.3 is 24.3 Å². The molecule has 3 rings (SSSR count). The van der Waals surface area contributed by atoms with Crippen molar-refractivity contribution in [2.75, 3.05) is 20.8 Å². The van der Waals surface area contributed by atoms with Crippen LogP contribution in [0.25, 0.3) is 10.9 Å². The summed E-state index contributed by atoms with van der Waals surface area (Å²) in [7, 11) is 3.10. The van der Waals surface area contributed by atoms with Crippen LogP contribution in [-0.2, 0) is 11.2 Å². The molecule has 2 N–H and O–H groups in total. The van der Waals surface area contributed by atoms with Crippen molar-refractivity contribution >= 4 is 16.8 Å². The van der Waals surface area contributed by atoms with Gasteiger partial charge in [0.15, 0.2) is 5.82 Å². The molecule has 1 amide bonds. The van der Waals surface area contributed by atoms with E-state index >= 15 is 0 Å². The Labute approximate surface area is 154 Å². The van der Waals surface area contributed by atoms with Crippen molar-refractivity contribution < 1.29 is 18.8 Å². The summed E-state index contributed by atoms with van der Waals surface area (Å²) in [6.45, 7) is 2.17. The molecule has 1 atom stereocenters. The lowest BCUT2D eigenvalue weighted by molar-refractivity contribution is 0.0931. The first-order valence-electron chi connectivity index (χ1n) is 8.35. The van der Waals surface area contributed by atoms with Crippen molar-refractivity contribution in [3.63, 3.8) is 0 Å². The van der Waals surface area contributed by atoms with Crippen LogP contribution in [0.4, 0.5) is 0 Å². The quantitative estimate of drug-likeness (QED) is 0.646. The van der Waals surface area contributed by atoms with Gasteiger partial charge in [-0.25, -0.2) is 0 Å². The minimum absolute atomic E-state index is 0.0123. The summed E-state index contributed by atoms with van der Waals surface area (Å²) in [5, 5.41) is 6.90. The molecular formula is C18H20N4O5. The van der Waals surface area contributed by atoms with Crippen LogP contribution in [0.5, 0.6) is 5.75 Å². The number of nitrogens with zero attached hydrogens (tertiary/aromatic N) is 2. The van der Waals surface area contributed by atoms with Gasteiger partial charge >= 0.3 is 0 Å². The molecular weight excluding hydrogens is 352 g/mol. The Morgan fingerprint density at radius 3 is 2.93 bits per heavy atom. The topological polar surface area (TPSA) is 119 Å². The largest absolute Gasteiger partial charge is 0.497 e. The minimum Gasteiger partial charge on any atom is -0.497 e. The minimum atomic E-state index is -0.554. The average molecular weight is 372 g/mol. The Bertz CT molecular complexity index is 1010. The molecule has 2 heterocycles. The zero-order valence-corrected chi connectivity index (χ0v) is 15.2. The summed E-state index contributed by atoms with van der Waals surface area (Å²) in [5.41, 5.74) is 0.213. The summed E-state index contributed by atoms with van der Waals surface area (Å²) in [6.07, 6.45) is 1.89. The lowest BCUT2D eigenvalue weighted by Gasteiger charge is -2.10. The number of aromatic nitrogens is 3. The fraction of sp³-hybridized carbons (Fsp3) is 0.333. The molecule has 2 aromatic heterocycles. The second-order valence-electron chi connectivity index (χ2n) is 5.93. The molecule has 0 fully saturated rings. The SMILES string of the molecule is COCCc1noc([C@H](C)NC(=O)c2c[nH]c3ccc(OC)cc3c2=O)n1. The van der Waals surface area contributed by atoms with Crippen LogP contribution in [-0.4, -0.2) is 41.9 Å². The Morgan fingerprint density at radius 2 is 2.19 bits per heavy atom. The molecule has 142 valence electrons. The van der Waals surface area contributed by atoms with E-state index in [0.29, 0.717) is 35.5 Å². The van der Waals surface area contributed by atoms with Gasteiger partial charge in [-0.3, -0.25) is 9.59 Å². The lowest BCUT2D eigenvalue weighted by Crippen LogP contribution is -2.31. The maximum Gasteiger partial charge on any atom is 0.257 e. The number of H-pyrrole nitrogens is 1. The number of nitrogens with one attached hydrogen (secondary N) is 2. The number of fused-ring (bicyclic) bond motifs is 1. The smallest absolute Gasteiger partial charge is 0.257 e. The number of aromatic amines is 1. The predicted octanol–water partition coefficient (Wildman–Crippen LogP) is 1.60. The van der Waals surface area contributed by atoms with E-state index in [9.17, 15) is 9.59 Å². The van der Waals surface area contributed by atoms with Gasteiger partial charge in [-0.05, 0) is 25.1 Å². The Balaban J connectivity index is 1.80. The van der Waals surface area contributed by atoms with Crippen LogP contribution in [0.2, 0.25) is 0 Å². The van der Waals surface area contributed by atoms with Crippen LogP contribution in [0.3, 0.4) is 0 Å². The molecule has 0 aliphatic carbocycles. The van der Waals surface area contributed by atoms with E-state index in [4.69, 9.17) is 14.0 Å². The molecule has 3 aromatic rings. The van der Waals surface area contributed by atoms with E-state index in [0.717, 1.165) is 0 Å². The summed E-state index contributed by atoms with van der Waals surface area (Å²) in [4.78, 5) is 32.4. The first kappa shape index (κ1) is 18.6. The third-order valence-electron chi connectivity index (χ3n) is 4.06. The van der Waals surface area contributed by atoms with Gasteiger partial charge in [0.2, 0.25) is 11.3 Å². The molecule has 0 bridgehead atoms. The highest BCUT2D eigenvalue weighted by Gasteiger charge is 2.20. The van der Waals surface area contributed by atoms with Gasteiger partial charge in [0, 0.05) is 30.6 Å². The van der Waals surface area contributed by atoms with E-state index in [-0.39, 0.29) is 11.5 Å². The van der Waals surface area contributed by atoms with E-state index < -0.39 is 17.4 Å². The zero-order valence-electron chi connectivity index (χ0n) is 15.2. The Hall–Kier alpha value is -3.20. The van der Waals surface area contributed by atoms with Crippen molar-refractivity contribution in [2.24, 2.45) is 0 Å². The number of benzene rings is 1. The summed E-state index contributed by atoms with van der Waals surface area (Å²) >= 11 is 0. The number of rotatable bonds is 7. The predicted molar refractivity (Wildman–Crippen MR) is 96.9 cm³/mol. The lowest BCUT2D eigenvalue weighted by atomic mass is 10.1. The van der Waals surface area contributed by atoms with Gasteiger partial charge in [-0.15, -0.1) is 0 Å². The second kappa shape index (κ2) is 8.00. The van der Waals surface area contributed by atoms with Gasteiger partial charge in [0.05, 0.1) is 13.7 Å². The van der Waals surface area contributed by atoms with Gasteiger partial charge in [-0.2, -0.15) is 4.98 Å². The number of pyridine rings is 1. The number of carbonyl (C=O) groups is 1. The highest BCUT2D eigenvalue weighted by atomic mass is 16.5. The molecule has 0 radical (unpaired) electrons. The molecule has 9 nitrogen and oxygen atoms in total. The van der Waals surface area contributed by atoms with Crippen molar-refractivity contribution in [1.82, 2.24) is 20.4 Å². The van der Waals surface area contributed by atoms with Crippen LogP contribution < -0.4 is 15.5 Å². The number of carbonyl (C=O) groups excluding carboxylic acids is 1. The Kier molecular flexibility index (Phi) is 5.51. The van der Waals surface area contributed by atoms with Crippen molar-refractivity contribution in [3.05, 3.63) is 51.9 Å². The highest BCUT2D eigenvalue weighted by molar-refractivity contribution is 5.97. The molecule has 27 heavy (non-hydrogen) atoms. The number of hydrogen-bond donors (Lipinski definition) is 2. The van der Waals surface area contributed by atoms with Gasteiger partial charge in [-0.1, -0.05) is 5.16 Å². The summed E-state index contributed by atoms with van der Waals surface area (Å²) < 4.78 is 15.3. The normalized spacial score (nSPS) is 12.1. The van der Waals surface area contributed by atoms with Gasteiger partial charge in [0.1, 0.15) is 17.4 Å². The zero-order chi connectivity index (χ0) is 19.4. The van der Waals surface area contributed by atoms with E-state index in [1.807, 2.05) is 0 Å². The molecule has 0 aliphatic heterocycles. The highest BCUT2D eigenvalue weighted by Crippen LogP contribution is 2.17. The van der Waals surface area contributed by atoms with E-state index in [2.05, 4.69) is 20.4 Å². The summed E-state index contributed by atoms with van der Waals surface area (Å²) in [6, 6.07) is 4.49. The van der Waals surface area contributed by atoms with Crippen molar-refractivity contribution in [1.29, 1.82) is 0 Å². The average Bonchev–Trinajstić information content (AvgIpc) is 3.15. The molecule has 0 unspecified atom stereocenters. The third-order valence-corrected chi connectivity index (χ3v) is 4.06. The number of amides is 1. The van der Waals surface area contributed by atoms with Crippen LogP contribution in [0, 0.1) is 0 Å². The van der Waals surface area contributed by atoms with E-state index in [1.54, 1.807) is 32.2 Å². The monoisotopic (exact) mass is 372 g/mol. The number of methoxy groups -OCH3 is 2. The molecule has 0 saturated carbocycles. The van der Waals surface area contributed by atoms with E-state index in [1.165, 1.54) is 13.3 Å². The maximum atomic E-state index is 12.7. The van der Waals surface area contributed by atoms with Crippen LogP contribution in [0.15, 0.2) is 33.7 Å². The Morgan fingerprint density at radius 1 is 1.37 bits per heavy atom. The van der Waals surface area contributed by atoms with Crippen LogP contribution >= 0.6 is 0 Å². The van der Waals surface area contributed by atoms with Crippen LogP contribution in [0.1, 0.15) is 35.0 Å². The molecule has 1 aromatic carbocycles. The fourth-order valence-electron chi connectivity index (χ4n) is 2.57. The maximum absolute atomic E-state index is 12.7. The molecule has 9 heteroatoms. The molecule has 0 spiro atoms. The standard InChI is InChI=1S/C18H20N4O5/c1-10(18-21-15(22-27-18)6-7-25-2)20-17(24)13-9-19-14-5-4-11(26-3)8-12(14)16(13)23/h4-5,8-10H,6-7H2,1-3H3,(H,19,23)(H,20,24)/t10-/m0/s1. The second-order valence-corrected chi connectivity index (χ2v) is 5.93. The number of hydrogen-bond acceptors (Lipinski definition) is 7. The molecule has 0 saturated heterocycles. The van der Waals surface area contributed by atoms with Gasteiger partial charge in [0.25, 0.3) is 5.91 Å². The summed E-state index contributed by atoms with van der Waals surface area (Å²) in [5.74, 6) is 0.746. The number of ether oxygens (including phenoxy) is 2. The first-order chi connectivity index (χ1) is 13.0. The fourth-order valence-corrected chi connectivity index (χ4v) is 2.57.